The third-order valence-corrected chi connectivity index (χ3v) is 5.96. The Balaban J connectivity index is 1.44. The van der Waals surface area contributed by atoms with E-state index >= 15 is 0 Å². The highest BCUT2D eigenvalue weighted by Crippen LogP contribution is 2.36. The number of hydrogen-bond acceptors (Lipinski definition) is 3. The second-order valence-corrected chi connectivity index (χ2v) is 7.96. The third-order valence-electron chi connectivity index (χ3n) is 5.96. The molecule has 150 valence electrons. The number of aromatic nitrogens is 2. The van der Waals surface area contributed by atoms with E-state index in [1.807, 2.05) is 6.07 Å². The van der Waals surface area contributed by atoms with Gasteiger partial charge in [-0.25, -0.2) is 13.5 Å². The molecule has 3 heterocycles. The monoisotopic (exact) mass is 394 g/mol. The van der Waals surface area contributed by atoms with E-state index in [9.17, 15) is 8.78 Å². The average molecular weight is 394 g/mol. The standard InChI is InChI=1S/C23H24F2N4/c24-18-8-9-21(20(25)13-18)29-23-19(10-11-26-23)22(27-29)17-7-4-12-28(15-17)14-16-5-2-1-3-6-16/h1-3,5-6,8-9,13,17,26H,4,7,10-12,14-15H2. The van der Waals surface area contributed by atoms with Gasteiger partial charge in [0.15, 0.2) is 5.82 Å². The molecule has 1 atom stereocenters. The zero-order valence-electron chi connectivity index (χ0n) is 16.2. The molecule has 2 aliphatic rings. The van der Waals surface area contributed by atoms with Crippen LogP contribution < -0.4 is 5.32 Å². The molecule has 4 nitrogen and oxygen atoms in total. The van der Waals surface area contributed by atoms with Gasteiger partial charge in [-0.15, -0.1) is 0 Å². The highest BCUT2D eigenvalue weighted by molar-refractivity contribution is 5.58. The summed E-state index contributed by atoms with van der Waals surface area (Å²) in [6.45, 7) is 3.79. The number of hydrogen-bond donors (Lipinski definition) is 1. The number of rotatable bonds is 4. The smallest absolute Gasteiger partial charge is 0.151 e. The van der Waals surface area contributed by atoms with Crippen molar-refractivity contribution in [2.24, 2.45) is 0 Å². The Hall–Kier alpha value is -2.73. The zero-order chi connectivity index (χ0) is 19.8. The highest BCUT2D eigenvalue weighted by atomic mass is 19.1. The van der Waals surface area contributed by atoms with Gasteiger partial charge in [0.25, 0.3) is 0 Å². The predicted molar refractivity (Wildman–Crippen MR) is 109 cm³/mol. The van der Waals surface area contributed by atoms with E-state index in [1.165, 1.54) is 23.3 Å². The number of nitrogens with one attached hydrogen (secondary N) is 1. The summed E-state index contributed by atoms with van der Waals surface area (Å²) in [6, 6.07) is 14.2. The van der Waals surface area contributed by atoms with Crippen molar-refractivity contribution in [1.29, 1.82) is 0 Å². The molecule has 6 heteroatoms. The Morgan fingerprint density at radius 2 is 1.97 bits per heavy atom. The zero-order valence-corrected chi connectivity index (χ0v) is 16.2. The van der Waals surface area contributed by atoms with Crippen molar-refractivity contribution in [3.05, 3.63) is 77.0 Å². The van der Waals surface area contributed by atoms with Crippen molar-refractivity contribution < 1.29 is 8.78 Å². The third kappa shape index (κ3) is 3.53. The lowest BCUT2D eigenvalue weighted by Crippen LogP contribution is -2.34. The van der Waals surface area contributed by atoms with Gasteiger partial charge in [-0.3, -0.25) is 4.90 Å². The molecule has 2 aliphatic heterocycles. The van der Waals surface area contributed by atoms with Gasteiger partial charge in [-0.05, 0) is 43.5 Å². The fourth-order valence-corrected chi connectivity index (χ4v) is 4.62. The molecule has 1 fully saturated rings. The van der Waals surface area contributed by atoms with Crippen LogP contribution in [0.3, 0.4) is 0 Å². The molecule has 29 heavy (non-hydrogen) atoms. The van der Waals surface area contributed by atoms with E-state index in [2.05, 4.69) is 34.5 Å². The van der Waals surface area contributed by atoms with E-state index in [4.69, 9.17) is 5.10 Å². The quantitative estimate of drug-likeness (QED) is 0.707. The maximum atomic E-state index is 14.4. The van der Waals surface area contributed by atoms with Crippen LogP contribution in [0.25, 0.3) is 5.69 Å². The fourth-order valence-electron chi connectivity index (χ4n) is 4.62. The molecule has 1 saturated heterocycles. The minimum Gasteiger partial charge on any atom is -0.369 e. The molecule has 0 aliphatic carbocycles. The molecule has 1 unspecified atom stereocenters. The van der Waals surface area contributed by atoms with Crippen molar-refractivity contribution in [2.45, 2.75) is 31.7 Å². The van der Waals surface area contributed by atoms with Crippen molar-refractivity contribution in [2.75, 3.05) is 25.0 Å². The van der Waals surface area contributed by atoms with Crippen molar-refractivity contribution >= 4 is 5.82 Å². The average Bonchev–Trinajstić information content (AvgIpc) is 3.32. The lowest BCUT2D eigenvalue weighted by Gasteiger charge is -2.32. The summed E-state index contributed by atoms with van der Waals surface area (Å²) in [4.78, 5) is 2.48. The summed E-state index contributed by atoms with van der Waals surface area (Å²) >= 11 is 0. The first-order valence-electron chi connectivity index (χ1n) is 10.3. The van der Waals surface area contributed by atoms with Gasteiger partial charge < -0.3 is 5.32 Å². The van der Waals surface area contributed by atoms with Crippen molar-refractivity contribution in [3.63, 3.8) is 0 Å². The minimum absolute atomic E-state index is 0.292. The predicted octanol–water partition coefficient (Wildman–Crippen LogP) is 4.50. The van der Waals surface area contributed by atoms with Crippen LogP contribution in [0.2, 0.25) is 0 Å². The first-order valence-corrected chi connectivity index (χ1v) is 10.3. The van der Waals surface area contributed by atoms with Gasteiger partial charge in [-0.1, -0.05) is 30.3 Å². The Labute approximate surface area is 169 Å². The minimum atomic E-state index is -0.593. The Morgan fingerprint density at radius 1 is 1.10 bits per heavy atom. The maximum Gasteiger partial charge on any atom is 0.151 e. The molecule has 1 N–H and O–H groups in total. The van der Waals surface area contributed by atoms with Crippen LogP contribution in [0.15, 0.2) is 48.5 Å². The second kappa shape index (κ2) is 7.59. The summed E-state index contributed by atoms with van der Waals surface area (Å²) in [5.41, 5.74) is 3.85. The molecular formula is C23H24F2N4. The molecule has 0 radical (unpaired) electrons. The van der Waals surface area contributed by atoms with Gasteiger partial charge in [0, 0.05) is 37.2 Å². The molecule has 0 saturated carbocycles. The summed E-state index contributed by atoms with van der Waals surface area (Å²) in [5, 5.41) is 8.17. The molecule has 2 aromatic carbocycles. The number of fused-ring (bicyclic) bond motifs is 1. The van der Waals surface area contributed by atoms with Crippen LogP contribution in [0, 0.1) is 11.6 Å². The highest BCUT2D eigenvalue weighted by Gasteiger charge is 2.31. The van der Waals surface area contributed by atoms with E-state index in [0.29, 0.717) is 11.6 Å². The van der Waals surface area contributed by atoms with Crippen LogP contribution >= 0.6 is 0 Å². The Kier molecular flexibility index (Phi) is 4.79. The van der Waals surface area contributed by atoms with Gasteiger partial charge in [0.05, 0.1) is 5.69 Å². The number of likely N-dealkylation sites (tertiary alicyclic amines) is 1. The number of nitrogens with zero attached hydrogens (tertiary/aromatic N) is 3. The van der Waals surface area contributed by atoms with Gasteiger partial charge in [0.2, 0.25) is 0 Å². The van der Waals surface area contributed by atoms with E-state index in [0.717, 1.165) is 63.0 Å². The van der Waals surface area contributed by atoms with Gasteiger partial charge in [0.1, 0.15) is 17.3 Å². The largest absolute Gasteiger partial charge is 0.369 e. The molecule has 0 amide bonds. The number of benzene rings is 2. The van der Waals surface area contributed by atoms with Crippen molar-refractivity contribution in [1.82, 2.24) is 14.7 Å². The lowest BCUT2D eigenvalue weighted by molar-refractivity contribution is 0.198. The van der Waals surface area contributed by atoms with E-state index < -0.39 is 11.6 Å². The molecule has 0 spiro atoms. The number of anilines is 1. The van der Waals surface area contributed by atoms with Gasteiger partial charge >= 0.3 is 0 Å². The second-order valence-electron chi connectivity index (χ2n) is 7.96. The maximum absolute atomic E-state index is 14.4. The molecule has 3 aromatic rings. The summed E-state index contributed by atoms with van der Waals surface area (Å²) in [7, 11) is 0. The molecule has 1 aromatic heterocycles. The fraction of sp³-hybridized carbons (Fsp3) is 0.348. The molecule has 5 rings (SSSR count). The molecule has 0 bridgehead atoms. The Bertz CT molecular complexity index is 1020. The number of halogens is 2. The number of piperidine rings is 1. The lowest BCUT2D eigenvalue weighted by atomic mass is 9.91. The van der Waals surface area contributed by atoms with Crippen LogP contribution in [-0.2, 0) is 13.0 Å². The van der Waals surface area contributed by atoms with Crippen LogP contribution in [0.1, 0.15) is 35.6 Å². The Morgan fingerprint density at radius 3 is 2.79 bits per heavy atom. The van der Waals surface area contributed by atoms with Gasteiger partial charge in [-0.2, -0.15) is 5.10 Å². The normalized spacial score (nSPS) is 19.2. The van der Waals surface area contributed by atoms with Crippen LogP contribution in [0.4, 0.5) is 14.6 Å². The summed E-state index contributed by atoms with van der Waals surface area (Å²) in [6.07, 6.45) is 3.10. The van der Waals surface area contributed by atoms with Crippen LogP contribution in [0.5, 0.6) is 0 Å². The SMILES string of the molecule is Fc1ccc(-n2nc(C3CCCN(Cc4ccccc4)C3)c3c2NCC3)c(F)c1. The molecular weight excluding hydrogens is 370 g/mol. The van der Waals surface area contributed by atoms with Crippen LogP contribution in [-0.4, -0.2) is 34.3 Å². The summed E-state index contributed by atoms with van der Waals surface area (Å²) < 4.78 is 29.4. The topological polar surface area (TPSA) is 33.1 Å². The summed E-state index contributed by atoms with van der Waals surface area (Å²) in [5.74, 6) is 0.00790. The first kappa shape index (κ1) is 18.3. The van der Waals surface area contributed by atoms with E-state index in [-0.39, 0.29) is 0 Å². The van der Waals surface area contributed by atoms with Crippen molar-refractivity contribution in [3.8, 4) is 5.69 Å². The first-order chi connectivity index (χ1) is 14.2. The van der Waals surface area contributed by atoms with E-state index in [1.54, 1.807) is 4.68 Å².